The van der Waals surface area contributed by atoms with Crippen LogP contribution in [0.4, 0.5) is 5.69 Å². The Bertz CT molecular complexity index is 1270. The van der Waals surface area contributed by atoms with E-state index < -0.39 is 0 Å². The topological polar surface area (TPSA) is 54.5 Å². The molecular weight excluding hydrogens is 434 g/mol. The molecular formula is C28H22ClNO3. The number of fused-ring (bicyclic) bond motifs is 5. The lowest BCUT2D eigenvalue weighted by atomic mass is 9.73. The highest BCUT2D eigenvalue weighted by molar-refractivity contribution is 6.32. The number of carbonyl (C=O) groups is 3. The predicted molar refractivity (Wildman–Crippen MR) is 126 cm³/mol. The quantitative estimate of drug-likeness (QED) is 0.385. The molecule has 164 valence electrons. The predicted octanol–water partition coefficient (Wildman–Crippen LogP) is 5.50. The molecule has 1 saturated heterocycles. The summed E-state index contributed by atoms with van der Waals surface area (Å²) in [7, 11) is 0. The molecule has 0 radical (unpaired) electrons. The van der Waals surface area contributed by atoms with Crippen LogP contribution in [-0.4, -0.2) is 17.6 Å². The van der Waals surface area contributed by atoms with Crippen molar-refractivity contribution >= 4 is 34.9 Å². The van der Waals surface area contributed by atoms with Crippen molar-refractivity contribution in [1.29, 1.82) is 0 Å². The van der Waals surface area contributed by atoms with Crippen LogP contribution in [0.25, 0.3) is 0 Å². The molecule has 0 aromatic heterocycles. The molecule has 2 amide bonds. The monoisotopic (exact) mass is 455 g/mol. The fourth-order valence-corrected chi connectivity index (χ4v) is 6.58. The van der Waals surface area contributed by atoms with E-state index in [4.69, 9.17) is 11.6 Å². The summed E-state index contributed by atoms with van der Waals surface area (Å²) in [5, 5.41) is 0.390. The van der Waals surface area contributed by atoms with E-state index in [0.29, 0.717) is 22.2 Å². The number of ketones is 1. The van der Waals surface area contributed by atoms with Gasteiger partial charge in [0.15, 0.2) is 5.78 Å². The van der Waals surface area contributed by atoms with Crippen molar-refractivity contribution < 1.29 is 14.4 Å². The van der Waals surface area contributed by atoms with Gasteiger partial charge in [0.1, 0.15) is 0 Å². The number of amides is 2. The molecule has 4 nitrogen and oxygen atoms in total. The number of imide groups is 1. The average Bonchev–Trinajstić information content (AvgIpc) is 3.51. The lowest BCUT2D eigenvalue weighted by molar-refractivity contribution is -0.123. The van der Waals surface area contributed by atoms with E-state index in [1.54, 1.807) is 42.5 Å². The Kier molecular flexibility index (Phi) is 4.73. The normalized spacial score (nSPS) is 27.8. The van der Waals surface area contributed by atoms with Crippen LogP contribution in [-0.2, 0) is 9.59 Å². The molecule has 6 rings (SSSR count). The first-order valence-electron chi connectivity index (χ1n) is 11.4. The van der Waals surface area contributed by atoms with Gasteiger partial charge in [0, 0.05) is 16.1 Å². The number of hydrogen-bond acceptors (Lipinski definition) is 3. The zero-order valence-electron chi connectivity index (χ0n) is 17.9. The Morgan fingerprint density at radius 2 is 1.48 bits per heavy atom. The molecule has 5 heteroatoms. The number of hydrogen-bond donors (Lipinski definition) is 0. The van der Waals surface area contributed by atoms with Gasteiger partial charge in [0.05, 0.1) is 17.5 Å². The summed E-state index contributed by atoms with van der Waals surface area (Å²) in [5.74, 6) is -0.567. The summed E-state index contributed by atoms with van der Waals surface area (Å²) in [5.41, 5.74) is 2.36. The van der Waals surface area contributed by atoms with Crippen LogP contribution in [0.2, 0.25) is 5.02 Å². The minimum absolute atomic E-state index is 0.157. The number of carbonyl (C=O) groups excluding carboxylic acids is 3. The largest absolute Gasteiger partial charge is 0.289 e. The van der Waals surface area contributed by atoms with Crippen LogP contribution in [0.1, 0.15) is 40.2 Å². The maximum Gasteiger partial charge on any atom is 0.238 e. The first-order valence-corrected chi connectivity index (χ1v) is 11.7. The number of halogens is 1. The minimum atomic E-state index is -0.322. The lowest BCUT2D eigenvalue weighted by Gasteiger charge is -2.28. The SMILES string of the molecule is O=C(c1ccccc1)c1cc(Cl)ccc1N1C(=O)C2C3CC(c4ccccc4)C(C3)C2C1=O. The fraction of sp³-hybridized carbons (Fsp3) is 0.250. The Balaban J connectivity index is 1.38. The van der Waals surface area contributed by atoms with Crippen molar-refractivity contribution in [3.63, 3.8) is 0 Å². The van der Waals surface area contributed by atoms with Crippen LogP contribution in [0.5, 0.6) is 0 Å². The zero-order valence-corrected chi connectivity index (χ0v) is 18.6. The Hall–Kier alpha value is -3.24. The second-order valence-corrected chi connectivity index (χ2v) is 9.77. The van der Waals surface area contributed by atoms with Crippen LogP contribution in [0.15, 0.2) is 78.9 Å². The molecule has 1 aliphatic heterocycles. The molecule has 2 saturated carbocycles. The van der Waals surface area contributed by atoms with E-state index in [1.165, 1.54) is 10.5 Å². The van der Waals surface area contributed by atoms with Crippen LogP contribution < -0.4 is 4.90 Å². The van der Waals surface area contributed by atoms with Gasteiger partial charge in [0.25, 0.3) is 0 Å². The van der Waals surface area contributed by atoms with Gasteiger partial charge >= 0.3 is 0 Å². The number of nitrogens with zero attached hydrogens (tertiary/aromatic N) is 1. The Morgan fingerprint density at radius 3 is 2.21 bits per heavy atom. The van der Waals surface area contributed by atoms with Gasteiger partial charge in [-0.25, -0.2) is 4.90 Å². The summed E-state index contributed by atoms with van der Waals surface area (Å²) in [6.45, 7) is 0. The Morgan fingerprint density at radius 1 is 0.818 bits per heavy atom. The molecule has 3 aliphatic rings. The van der Waals surface area contributed by atoms with Gasteiger partial charge in [-0.2, -0.15) is 0 Å². The summed E-state index contributed by atoms with van der Waals surface area (Å²) >= 11 is 6.23. The molecule has 33 heavy (non-hydrogen) atoms. The van der Waals surface area contributed by atoms with E-state index in [0.717, 1.165) is 12.8 Å². The molecule has 0 N–H and O–H groups in total. The molecule has 3 aromatic carbocycles. The van der Waals surface area contributed by atoms with E-state index in [1.807, 2.05) is 24.3 Å². The van der Waals surface area contributed by atoms with Crippen molar-refractivity contribution in [2.45, 2.75) is 18.8 Å². The van der Waals surface area contributed by atoms with Crippen molar-refractivity contribution in [3.8, 4) is 0 Å². The highest BCUT2D eigenvalue weighted by atomic mass is 35.5. The third-order valence-electron chi connectivity index (χ3n) is 7.72. The summed E-state index contributed by atoms with van der Waals surface area (Å²) < 4.78 is 0. The molecule has 5 unspecified atom stereocenters. The number of rotatable bonds is 4. The molecule has 3 fully saturated rings. The van der Waals surface area contributed by atoms with E-state index in [9.17, 15) is 14.4 Å². The molecule has 0 spiro atoms. The second kappa shape index (κ2) is 7.67. The summed E-state index contributed by atoms with van der Waals surface area (Å²) in [6, 6.07) is 24.0. The van der Waals surface area contributed by atoms with Gasteiger partial charge in [-0.15, -0.1) is 0 Å². The molecule has 2 bridgehead atoms. The summed E-state index contributed by atoms with van der Waals surface area (Å²) in [6.07, 6.45) is 1.84. The minimum Gasteiger partial charge on any atom is -0.289 e. The first kappa shape index (κ1) is 20.4. The summed E-state index contributed by atoms with van der Waals surface area (Å²) in [4.78, 5) is 41.9. The van der Waals surface area contributed by atoms with Crippen molar-refractivity contribution in [3.05, 3.63) is 101 Å². The zero-order chi connectivity index (χ0) is 22.7. The van der Waals surface area contributed by atoms with Crippen LogP contribution >= 0.6 is 11.6 Å². The van der Waals surface area contributed by atoms with Crippen LogP contribution in [0, 0.1) is 23.7 Å². The fourth-order valence-electron chi connectivity index (χ4n) is 6.41. The average molecular weight is 456 g/mol. The number of benzene rings is 3. The third-order valence-corrected chi connectivity index (χ3v) is 7.96. The maximum atomic E-state index is 13.7. The van der Waals surface area contributed by atoms with Gasteiger partial charge in [0.2, 0.25) is 11.8 Å². The molecule has 1 heterocycles. The highest BCUT2D eigenvalue weighted by Crippen LogP contribution is 2.62. The van der Waals surface area contributed by atoms with Crippen molar-refractivity contribution in [2.24, 2.45) is 23.7 Å². The van der Waals surface area contributed by atoms with Crippen LogP contribution in [0.3, 0.4) is 0 Å². The maximum absolute atomic E-state index is 13.7. The van der Waals surface area contributed by atoms with Gasteiger partial charge in [-0.05, 0) is 54.4 Å². The third kappa shape index (κ3) is 3.08. The van der Waals surface area contributed by atoms with Crippen molar-refractivity contribution in [2.75, 3.05) is 4.90 Å². The number of anilines is 1. The van der Waals surface area contributed by atoms with E-state index in [2.05, 4.69) is 12.1 Å². The second-order valence-electron chi connectivity index (χ2n) is 9.33. The van der Waals surface area contributed by atoms with Gasteiger partial charge < -0.3 is 0 Å². The molecule has 5 atom stereocenters. The lowest BCUT2D eigenvalue weighted by Crippen LogP contribution is -2.34. The molecule has 3 aromatic rings. The molecule has 2 aliphatic carbocycles. The Labute approximate surface area is 197 Å². The highest BCUT2D eigenvalue weighted by Gasteiger charge is 2.64. The smallest absolute Gasteiger partial charge is 0.238 e. The van der Waals surface area contributed by atoms with Crippen molar-refractivity contribution in [1.82, 2.24) is 0 Å². The first-order chi connectivity index (χ1) is 16.0. The van der Waals surface area contributed by atoms with Gasteiger partial charge in [-0.1, -0.05) is 72.3 Å². The standard InChI is InChI=1S/C28H22ClNO3/c29-19-11-12-23(22(15-19)26(31)17-9-5-2-6-10-17)30-27(32)24-18-13-20(16-7-3-1-4-8-16)21(14-18)25(24)28(30)33/h1-12,15,18,20-21,24-25H,13-14H2. The van der Waals surface area contributed by atoms with E-state index in [-0.39, 0.29) is 46.8 Å². The van der Waals surface area contributed by atoms with Gasteiger partial charge in [-0.3, -0.25) is 14.4 Å². The van der Waals surface area contributed by atoms with E-state index >= 15 is 0 Å².